The Morgan fingerprint density at radius 2 is 2.16 bits per heavy atom. The summed E-state index contributed by atoms with van der Waals surface area (Å²) in [5, 5.41) is 14.1. The lowest BCUT2D eigenvalue weighted by Crippen LogP contribution is -2.35. The van der Waals surface area contributed by atoms with Gasteiger partial charge in [0.25, 0.3) is 10.0 Å². The fourth-order valence-corrected chi connectivity index (χ4v) is 3.04. The third kappa shape index (κ3) is 9.22. The molecule has 0 saturated carbocycles. The average molecular weight is 392 g/mol. The van der Waals surface area contributed by atoms with Crippen molar-refractivity contribution in [2.24, 2.45) is 20.9 Å². The predicted molar refractivity (Wildman–Crippen MR) is 101 cm³/mol. The van der Waals surface area contributed by atoms with Crippen LogP contribution in [0.1, 0.15) is 18.5 Å². The van der Waals surface area contributed by atoms with Crippen molar-refractivity contribution in [3.63, 3.8) is 0 Å². The number of aliphatic imine (C=N–C) groups is 1. The number of sulfonamides is 1. The van der Waals surface area contributed by atoms with Crippen LogP contribution in [0.15, 0.2) is 14.8 Å². The second kappa shape index (κ2) is 10.2. The number of hydrogen-bond donors (Lipinski definition) is 4. The molecule has 1 aromatic rings. The van der Waals surface area contributed by atoms with Gasteiger partial charge in [-0.2, -0.15) is 0 Å². The van der Waals surface area contributed by atoms with Crippen molar-refractivity contribution in [3.05, 3.63) is 11.1 Å². The summed E-state index contributed by atoms with van der Waals surface area (Å²) >= 11 is 1.43. The highest BCUT2D eigenvalue weighted by molar-refractivity contribution is 7.89. The smallest absolute Gasteiger partial charge is 0.253 e. The molecule has 0 fully saturated rings. The number of thiazole rings is 1. The Hall–Kier alpha value is -1.92. The first-order chi connectivity index (χ1) is 11.7. The largest absolute Gasteiger partial charge is 0.394 e. The van der Waals surface area contributed by atoms with E-state index >= 15 is 0 Å². The average Bonchev–Trinajstić information content (AvgIpc) is 2.95. The molecular formula is C13H25N7O3S2. The maximum atomic E-state index is 11.1. The monoisotopic (exact) mass is 391 g/mol. The molecule has 6 N–H and O–H groups in total. The number of aromatic nitrogens is 1. The van der Waals surface area contributed by atoms with Gasteiger partial charge in [0.2, 0.25) is 5.96 Å². The summed E-state index contributed by atoms with van der Waals surface area (Å²) in [6, 6.07) is 0. The Kier molecular flexibility index (Phi) is 8.58. The Bertz CT molecular complexity index is 700. The van der Waals surface area contributed by atoms with Crippen LogP contribution in [0.25, 0.3) is 0 Å². The van der Waals surface area contributed by atoms with Gasteiger partial charge in [0, 0.05) is 19.0 Å². The lowest BCUT2D eigenvalue weighted by molar-refractivity contribution is 0.307. The molecule has 25 heavy (non-hydrogen) atoms. The molecule has 0 radical (unpaired) electrons. The topological polar surface area (TPSA) is 159 Å². The van der Waals surface area contributed by atoms with Crippen LogP contribution in [0.3, 0.4) is 0 Å². The van der Waals surface area contributed by atoms with Crippen LogP contribution in [0.5, 0.6) is 0 Å². The normalized spacial score (nSPS) is 13.1. The first kappa shape index (κ1) is 21.1. The Balaban J connectivity index is 2.37. The lowest BCUT2D eigenvalue weighted by Gasteiger charge is -2.17. The Labute approximate surface area is 151 Å². The first-order valence-electron chi connectivity index (χ1n) is 7.60. The molecule has 0 spiro atoms. The quantitative estimate of drug-likeness (QED) is 0.246. The maximum Gasteiger partial charge on any atom is 0.253 e. The summed E-state index contributed by atoms with van der Waals surface area (Å²) < 4.78 is 25.6. The molecule has 0 bridgehead atoms. The van der Waals surface area contributed by atoms with Crippen molar-refractivity contribution < 1.29 is 13.5 Å². The zero-order valence-electron chi connectivity index (χ0n) is 14.3. The fourth-order valence-electron chi connectivity index (χ4n) is 1.81. The molecule has 0 aliphatic heterocycles. The molecule has 1 aromatic heterocycles. The minimum absolute atomic E-state index is 0.0136. The van der Waals surface area contributed by atoms with E-state index in [0.29, 0.717) is 11.7 Å². The van der Waals surface area contributed by atoms with E-state index in [2.05, 4.69) is 19.7 Å². The summed E-state index contributed by atoms with van der Waals surface area (Å²) in [6.45, 7) is 0.788. The van der Waals surface area contributed by atoms with E-state index in [1.54, 1.807) is 11.9 Å². The third-order valence-electron chi connectivity index (χ3n) is 3.00. The minimum atomic E-state index is -3.48. The fraction of sp³-hybridized carbons (Fsp3) is 0.615. The number of anilines is 1. The second-order valence-electron chi connectivity index (χ2n) is 5.32. The van der Waals surface area contributed by atoms with Gasteiger partial charge in [0.05, 0.1) is 25.1 Å². The number of rotatable bonds is 9. The summed E-state index contributed by atoms with van der Waals surface area (Å²) in [6.07, 6.45) is 3.47. The summed E-state index contributed by atoms with van der Waals surface area (Å²) in [7, 11) is -1.79. The zero-order valence-corrected chi connectivity index (χ0v) is 16.0. The molecule has 0 aliphatic carbocycles. The van der Waals surface area contributed by atoms with Crippen molar-refractivity contribution in [2.75, 3.05) is 38.3 Å². The van der Waals surface area contributed by atoms with Crippen molar-refractivity contribution in [2.45, 2.75) is 19.3 Å². The molecule has 0 unspecified atom stereocenters. The summed E-state index contributed by atoms with van der Waals surface area (Å²) in [5.74, 6) is 0.206. The molecule has 12 heteroatoms. The van der Waals surface area contributed by atoms with Crippen LogP contribution in [-0.4, -0.2) is 68.3 Å². The predicted octanol–water partition coefficient (Wildman–Crippen LogP) is -0.609. The van der Waals surface area contributed by atoms with Gasteiger partial charge in [-0.05, 0) is 19.3 Å². The maximum absolute atomic E-state index is 11.1. The summed E-state index contributed by atoms with van der Waals surface area (Å²) in [4.78, 5) is 9.92. The number of unbranched alkanes of at least 4 members (excludes halogenated alkanes) is 1. The van der Waals surface area contributed by atoms with Crippen LogP contribution in [-0.2, 0) is 16.4 Å². The van der Waals surface area contributed by atoms with Crippen LogP contribution in [0, 0.1) is 0 Å². The number of aliphatic hydroxyl groups is 1. The minimum Gasteiger partial charge on any atom is -0.394 e. The van der Waals surface area contributed by atoms with Gasteiger partial charge in [-0.3, -0.25) is 4.99 Å². The van der Waals surface area contributed by atoms with E-state index in [1.807, 2.05) is 5.38 Å². The zero-order chi connectivity index (χ0) is 18.9. The molecule has 0 amide bonds. The second-order valence-corrected chi connectivity index (χ2v) is 7.83. The van der Waals surface area contributed by atoms with Gasteiger partial charge in [-0.25, -0.2) is 13.4 Å². The number of aryl methyl sites for hydroxylation is 1. The summed E-state index contributed by atoms with van der Waals surface area (Å²) in [5.41, 5.74) is 12.2. The SMILES string of the molecule is CN(CCCCc1csc(NC(N)=NCCO)n1)C(N)=NS(C)(=O)=O. The van der Waals surface area contributed by atoms with Crippen molar-refractivity contribution >= 4 is 38.4 Å². The Morgan fingerprint density at radius 1 is 1.44 bits per heavy atom. The van der Waals surface area contributed by atoms with Crippen LogP contribution >= 0.6 is 11.3 Å². The third-order valence-corrected chi connectivity index (χ3v) is 4.32. The first-order valence-corrected chi connectivity index (χ1v) is 10.3. The van der Waals surface area contributed by atoms with E-state index in [-0.39, 0.29) is 25.1 Å². The standard InChI is InChI=1S/C13H25N7O3S2/c1-20(12(15)19-25(2,22)23)7-4-3-5-10-9-24-13(17-10)18-11(14)16-6-8-21/h9,21H,3-8H2,1-2H3,(H2,15,19)(H3,14,16,17,18). The number of hydrogen-bond acceptors (Lipinski definition) is 6. The molecule has 1 heterocycles. The molecule has 10 nitrogen and oxygen atoms in total. The van der Waals surface area contributed by atoms with E-state index in [0.717, 1.165) is 31.2 Å². The van der Waals surface area contributed by atoms with Gasteiger partial charge in [0.15, 0.2) is 11.1 Å². The highest BCUT2D eigenvalue weighted by atomic mass is 32.2. The van der Waals surface area contributed by atoms with Gasteiger partial charge >= 0.3 is 0 Å². The molecule has 0 aliphatic rings. The van der Waals surface area contributed by atoms with Crippen LogP contribution in [0.4, 0.5) is 5.13 Å². The van der Waals surface area contributed by atoms with Gasteiger partial charge < -0.3 is 26.8 Å². The lowest BCUT2D eigenvalue weighted by atomic mass is 10.2. The van der Waals surface area contributed by atoms with E-state index in [1.165, 1.54) is 11.3 Å². The van der Waals surface area contributed by atoms with Crippen molar-refractivity contribution in [1.82, 2.24) is 9.88 Å². The molecule has 1 rings (SSSR count). The number of nitrogens with two attached hydrogens (primary N) is 2. The number of nitrogens with one attached hydrogen (secondary N) is 1. The van der Waals surface area contributed by atoms with E-state index < -0.39 is 10.0 Å². The highest BCUT2D eigenvalue weighted by Gasteiger charge is 2.07. The van der Waals surface area contributed by atoms with E-state index in [9.17, 15) is 8.42 Å². The molecule has 0 aromatic carbocycles. The molecular weight excluding hydrogens is 366 g/mol. The highest BCUT2D eigenvalue weighted by Crippen LogP contribution is 2.16. The number of guanidine groups is 2. The van der Waals surface area contributed by atoms with Gasteiger partial charge in [-0.1, -0.05) is 0 Å². The van der Waals surface area contributed by atoms with Crippen LogP contribution in [0.2, 0.25) is 0 Å². The van der Waals surface area contributed by atoms with Gasteiger partial charge in [0.1, 0.15) is 0 Å². The van der Waals surface area contributed by atoms with Crippen molar-refractivity contribution in [1.29, 1.82) is 0 Å². The molecule has 0 saturated heterocycles. The molecule has 0 atom stereocenters. The number of aliphatic hydroxyl groups excluding tert-OH is 1. The molecule has 142 valence electrons. The van der Waals surface area contributed by atoms with Gasteiger partial charge in [-0.15, -0.1) is 15.7 Å². The number of nitrogens with zero attached hydrogens (tertiary/aromatic N) is 4. The Morgan fingerprint density at radius 3 is 2.80 bits per heavy atom. The van der Waals surface area contributed by atoms with Crippen molar-refractivity contribution in [3.8, 4) is 0 Å². The van der Waals surface area contributed by atoms with E-state index in [4.69, 9.17) is 16.6 Å². The van der Waals surface area contributed by atoms with Crippen LogP contribution < -0.4 is 16.8 Å².